The van der Waals surface area contributed by atoms with Crippen LogP contribution in [0.2, 0.25) is 0 Å². The van der Waals surface area contributed by atoms with Crippen molar-refractivity contribution in [2.75, 3.05) is 25.1 Å². The van der Waals surface area contributed by atoms with Crippen LogP contribution in [-0.4, -0.2) is 40.7 Å². The number of carbonyl (C=O) groups is 1. The number of carboxylic acid groups (broad SMARTS) is 1. The van der Waals surface area contributed by atoms with Gasteiger partial charge in [0.25, 0.3) is 0 Å². The van der Waals surface area contributed by atoms with Crippen LogP contribution >= 0.6 is 0 Å². The van der Waals surface area contributed by atoms with Crippen molar-refractivity contribution >= 4 is 17.5 Å². The van der Waals surface area contributed by atoms with E-state index in [4.69, 9.17) is 9.84 Å². The molecule has 8 nitrogen and oxygen atoms in total. The fourth-order valence-electron chi connectivity index (χ4n) is 1.46. The second-order valence-corrected chi connectivity index (χ2v) is 4.04. The molecule has 0 saturated carbocycles. The molecule has 0 aliphatic heterocycles. The zero-order valence-corrected chi connectivity index (χ0v) is 11.2. The Morgan fingerprint density at radius 2 is 2.30 bits per heavy atom. The molecule has 1 aromatic rings. The maximum Gasteiger partial charge on any atom is 0.342 e. The molecule has 0 amide bonds. The van der Waals surface area contributed by atoms with Crippen LogP contribution in [0.25, 0.3) is 0 Å². The van der Waals surface area contributed by atoms with Crippen molar-refractivity contribution in [3.63, 3.8) is 0 Å². The molecular formula is C12H17N3O5. The zero-order valence-electron chi connectivity index (χ0n) is 11.2. The van der Waals surface area contributed by atoms with Crippen molar-refractivity contribution in [1.29, 1.82) is 0 Å². The molecule has 0 aliphatic carbocycles. The van der Waals surface area contributed by atoms with E-state index in [-0.39, 0.29) is 11.4 Å². The summed E-state index contributed by atoms with van der Waals surface area (Å²) in [7, 11) is 0. The minimum atomic E-state index is -1.36. The van der Waals surface area contributed by atoms with Crippen LogP contribution in [0.15, 0.2) is 12.3 Å². The Morgan fingerprint density at radius 1 is 1.55 bits per heavy atom. The molecule has 0 bridgehead atoms. The summed E-state index contributed by atoms with van der Waals surface area (Å²) >= 11 is 0. The molecule has 20 heavy (non-hydrogen) atoms. The molecule has 0 aromatic carbocycles. The number of rotatable bonds is 9. The lowest BCUT2D eigenvalue weighted by Crippen LogP contribution is -2.12. The van der Waals surface area contributed by atoms with E-state index in [1.165, 1.54) is 0 Å². The molecule has 0 atom stereocenters. The van der Waals surface area contributed by atoms with Gasteiger partial charge < -0.3 is 15.2 Å². The summed E-state index contributed by atoms with van der Waals surface area (Å²) in [5.41, 5.74) is -0.915. The van der Waals surface area contributed by atoms with Gasteiger partial charge in [0.15, 0.2) is 0 Å². The number of anilines is 1. The summed E-state index contributed by atoms with van der Waals surface area (Å²) in [4.78, 5) is 24.6. The largest absolute Gasteiger partial charge is 0.477 e. The van der Waals surface area contributed by atoms with Crippen LogP contribution in [0.1, 0.15) is 30.1 Å². The smallest absolute Gasteiger partial charge is 0.342 e. The van der Waals surface area contributed by atoms with Gasteiger partial charge in [0.1, 0.15) is 17.6 Å². The van der Waals surface area contributed by atoms with Crippen LogP contribution < -0.4 is 5.32 Å². The number of nitro groups is 1. The van der Waals surface area contributed by atoms with E-state index in [0.717, 1.165) is 25.1 Å². The van der Waals surface area contributed by atoms with Gasteiger partial charge in [0.05, 0.1) is 11.5 Å². The number of aromatic carboxylic acids is 1. The summed E-state index contributed by atoms with van der Waals surface area (Å²) < 4.78 is 5.32. The van der Waals surface area contributed by atoms with E-state index >= 15 is 0 Å². The third kappa shape index (κ3) is 4.81. The van der Waals surface area contributed by atoms with Crippen molar-refractivity contribution in [3.05, 3.63) is 27.9 Å². The molecule has 0 fully saturated rings. The zero-order chi connectivity index (χ0) is 15.0. The van der Waals surface area contributed by atoms with Crippen LogP contribution in [0.4, 0.5) is 11.5 Å². The Morgan fingerprint density at radius 3 is 2.90 bits per heavy atom. The van der Waals surface area contributed by atoms with Gasteiger partial charge in [-0.2, -0.15) is 0 Å². The molecule has 110 valence electrons. The minimum Gasteiger partial charge on any atom is -0.477 e. The van der Waals surface area contributed by atoms with Crippen molar-refractivity contribution < 1.29 is 19.6 Å². The number of ether oxygens (including phenoxy) is 1. The Bertz CT molecular complexity index is 478. The van der Waals surface area contributed by atoms with Gasteiger partial charge in [0, 0.05) is 19.2 Å². The third-order valence-electron chi connectivity index (χ3n) is 2.50. The summed E-state index contributed by atoms with van der Waals surface area (Å²) in [6.45, 7) is 3.65. The Labute approximate surface area is 115 Å². The lowest BCUT2D eigenvalue weighted by molar-refractivity contribution is -0.385. The number of hydrogen-bond acceptors (Lipinski definition) is 6. The van der Waals surface area contributed by atoms with Gasteiger partial charge in [-0.05, 0) is 6.42 Å². The molecule has 8 heteroatoms. The minimum absolute atomic E-state index is 0.270. The van der Waals surface area contributed by atoms with Gasteiger partial charge in [-0.1, -0.05) is 13.3 Å². The van der Waals surface area contributed by atoms with Crippen LogP contribution in [0.5, 0.6) is 0 Å². The van der Waals surface area contributed by atoms with Crippen LogP contribution in [-0.2, 0) is 4.74 Å². The lowest BCUT2D eigenvalue weighted by atomic mass is 10.2. The molecule has 0 spiro atoms. The Kier molecular flexibility index (Phi) is 6.38. The predicted octanol–water partition coefficient (Wildman–Crippen LogP) is 1.92. The monoisotopic (exact) mass is 283 g/mol. The molecule has 2 N–H and O–H groups in total. The highest BCUT2D eigenvalue weighted by atomic mass is 16.6. The number of carboxylic acids is 1. The SMILES string of the molecule is CCCCOCCNc1cc(C(=O)O)c([N+](=O)[O-])cn1. The highest BCUT2D eigenvalue weighted by Gasteiger charge is 2.20. The van der Waals surface area contributed by atoms with E-state index < -0.39 is 16.6 Å². The number of aromatic nitrogens is 1. The second kappa shape index (κ2) is 8.05. The number of nitrogens with zero attached hydrogens (tertiary/aromatic N) is 2. The van der Waals surface area contributed by atoms with Crippen molar-refractivity contribution in [2.45, 2.75) is 19.8 Å². The Balaban J connectivity index is 2.57. The lowest BCUT2D eigenvalue weighted by Gasteiger charge is -2.07. The molecule has 1 heterocycles. The first kappa shape index (κ1) is 15.8. The Hall–Kier alpha value is -2.22. The number of nitrogens with one attached hydrogen (secondary N) is 1. The maximum absolute atomic E-state index is 10.9. The van der Waals surface area contributed by atoms with Gasteiger partial charge in [0.2, 0.25) is 0 Å². The molecule has 1 aromatic heterocycles. The number of hydrogen-bond donors (Lipinski definition) is 2. The summed E-state index contributed by atoms with van der Waals surface area (Å²) in [5.74, 6) is -1.09. The second-order valence-electron chi connectivity index (χ2n) is 4.04. The fourth-order valence-corrected chi connectivity index (χ4v) is 1.46. The van der Waals surface area contributed by atoms with Gasteiger partial charge in [-0.3, -0.25) is 10.1 Å². The summed E-state index contributed by atoms with van der Waals surface area (Å²) in [6.07, 6.45) is 2.97. The van der Waals surface area contributed by atoms with Gasteiger partial charge in [-0.15, -0.1) is 0 Å². The standard InChI is InChI=1S/C12H17N3O5/c1-2-3-5-20-6-4-13-11-7-9(12(16)17)10(8-14-11)15(18)19/h7-8H,2-6H2,1H3,(H,13,14)(H,16,17). The van der Waals surface area contributed by atoms with E-state index in [1.54, 1.807) is 0 Å². The van der Waals surface area contributed by atoms with Crippen molar-refractivity contribution in [2.24, 2.45) is 0 Å². The number of pyridine rings is 1. The topological polar surface area (TPSA) is 115 Å². The summed E-state index contributed by atoms with van der Waals surface area (Å²) in [6, 6.07) is 1.15. The highest BCUT2D eigenvalue weighted by molar-refractivity contribution is 5.93. The quantitative estimate of drug-likeness (QED) is 0.404. The number of unbranched alkanes of at least 4 members (excludes halogenated alkanes) is 1. The maximum atomic E-state index is 10.9. The van der Waals surface area contributed by atoms with Gasteiger partial charge >= 0.3 is 11.7 Å². The average molecular weight is 283 g/mol. The molecule has 0 saturated heterocycles. The first-order chi connectivity index (χ1) is 9.56. The molecule has 0 unspecified atom stereocenters. The average Bonchev–Trinajstić information content (AvgIpc) is 2.42. The normalized spacial score (nSPS) is 10.2. The van der Waals surface area contributed by atoms with E-state index in [1.807, 2.05) is 0 Å². The molecular weight excluding hydrogens is 266 g/mol. The predicted molar refractivity (Wildman–Crippen MR) is 72.1 cm³/mol. The summed E-state index contributed by atoms with van der Waals surface area (Å²) in [5, 5.41) is 22.4. The van der Waals surface area contributed by atoms with Crippen LogP contribution in [0.3, 0.4) is 0 Å². The first-order valence-electron chi connectivity index (χ1n) is 6.25. The van der Waals surface area contributed by atoms with Crippen LogP contribution in [0, 0.1) is 10.1 Å². The highest BCUT2D eigenvalue weighted by Crippen LogP contribution is 2.19. The fraction of sp³-hybridized carbons (Fsp3) is 0.500. The third-order valence-corrected chi connectivity index (χ3v) is 2.50. The van der Waals surface area contributed by atoms with Gasteiger partial charge in [-0.25, -0.2) is 9.78 Å². The molecule has 1 rings (SSSR count). The van der Waals surface area contributed by atoms with E-state index in [0.29, 0.717) is 19.8 Å². The van der Waals surface area contributed by atoms with E-state index in [9.17, 15) is 14.9 Å². The first-order valence-corrected chi connectivity index (χ1v) is 6.25. The van der Waals surface area contributed by atoms with Crippen molar-refractivity contribution in [1.82, 2.24) is 4.98 Å². The van der Waals surface area contributed by atoms with Crippen molar-refractivity contribution in [3.8, 4) is 0 Å². The van der Waals surface area contributed by atoms with E-state index in [2.05, 4.69) is 17.2 Å². The molecule has 0 radical (unpaired) electrons. The molecule has 0 aliphatic rings.